The second kappa shape index (κ2) is 18.3. The van der Waals surface area contributed by atoms with Crippen LogP contribution < -0.4 is 0 Å². The van der Waals surface area contributed by atoms with Crippen molar-refractivity contribution in [2.75, 3.05) is 0 Å². The summed E-state index contributed by atoms with van der Waals surface area (Å²) in [6.45, 7) is 0. The normalized spacial score (nSPS) is 12.0. The van der Waals surface area contributed by atoms with Gasteiger partial charge in [0.2, 0.25) is 0 Å². The van der Waals surface area contributed by atoms with Gasteiger partial charge < -0.3 is 0 Å². The first kappa shape index (κ1) is 46.8. The van der Waals surface area contributed by atoms with Crippen molar-refractivity contribution >= 4 is 64.6 Å². The van der Waals surface area contributed by atoms with E-state index in [4.69, 9.17) is 0 Å². The molecule has 16 aromatic carbocycles. The van der Waals surface area contributed by atoms with E-state index in [0.29, 0.717) is 0 Å². The molecule has 0 saturated heterocycles. The minimum Gasteiger partial charge on any atom is -0.0622 e. The van der Waals surface area contributed by atoms with E-state index in [2.05, 4.69) is 303 Å². The van der Waals surface area contributed by atoms with Crippen LogP contribution in [-0.4, -0.2) is 0 Å². The van der Waals surface area contributed by atoms with Gasteiger partial charge in [0.1, 0.15) is 0 Å². The average Bonchev–Trinajstić information content (AvgIpc) is 3.23. The second-order valence-electron chi connectivity index (χ2n) is 22.9. The molecule has 84 heavy (non-hydrogen) atoms. The molecular weight excluding hydrogens is 1010 g/mol. The monoisotopic (exact) mass is 1060 g/mol. The van der Waals surface area contributed by atoms with E-state index < -0.39 is 0 Å². The molecule has 0 nitrogen and oxygen atoms in total. The van der Waals surface area contributed by atoms with Gasteiger partial charge in [0.15, 0.2) is 0 Å². The van der Waals surface area contributed by atoms with Crippen molar-refractivity contribution in [3.8, 4) is 122 Å². The van der Waals surface area contributed by atoms with Gasteiger partial charge in [-0.2, -0.15) is 0 Å². The Kier molecular flexibility index (Phi) is 10.2. The first-order valence-corrected chi connectivity index (χ1v) is 29.3. The molecule has 0 amide bonds. The van der Waals surface area contributed by atoms with Crippen molar-refractivity contribution in [2.24, 2.45) is 0 Å². The van der Waals surface area contributed by atoms with Crippen LogP contribution in [0.15, 0.2) is 303 Å². The van der Waals surface area contributed by atoms with Gasteiger partial charge in [-0.25, -0.2) is 0 Å². The molecule has 0 heteroatoms. The van der Waals surface area contributed by atoms with Crippen LogP contribution in [0.4, 0.5) is 0 Å². The van der Waals surface area contributed by atoms with Crippen molar-refractivity contribution in [3.63, 3.8) is 0 Å². The zero-order valence-corrected chi connectivity index (χ0v) is 45.9. The third-order valence-electron chi connectivity index (χ3n) is 18.5. The SMILES string of the molecule is c1ccc(-c2c3c(c(-c4ccccc4)c4cc(-c5ccc6ccccc6c5)ccc24)-c2cccc4c(-c5ccc6c(-c7ccccc7)c7c(c(-c8ccccc8)c6c5)-c5cccc6c(-c8ccc9ccccc9c8)ccc-7c56)ccc-3c24)cc1. The lowest BCUT2D eigenvalue weighted by Gasteiger charge is -2.21. The predicted octanol–water partition coefficient (Wildman–Crippen LogP) is 23.6. The molecule has 2 aliphatic rings. The molecule has 0 radical (unpaired) electrons. The lowest BCUT2D eigenvalue weighted by atomic mass is 9.81. The Balaban J connectivity index is 0.894. The summed E-state index contributed by atoms with van der Waals surface area (Å²) in [5.41, 5.74) is 27.6. The topological polar surface area (TPSA) is 0 Å². The first-order chi connectivity index (χ1) is 41.7. The molecule has 0 bridgehead atoms. The first-order valence-electron chi connectivity index (χ1n) is 29.3. The summed E-state index contributed by atoms with van der Waals surface area (Å²) in [7, 11) is 0. The van der Waals surface area contributed by atoms with Crippen LogP contribution in [-0.2, 0) is 0 Å². The molecule has 0 N–H and O–H groups in total. The molecule has 2 aliphatic carbocycles. The molecule has 18 rings (SSSR count). The van der Waals surface area contributed by atoms with Gasteiger partial charge in [-0.15, -0.1) is 0 Å². The number of fused-ring (bicyclic) bond motifs is 10. The van der Waals surface area contributed by atoms with Gasteiger partial charge in [-0.1, -0.05) is 279 Å². The summed E-state index contributed by atoms with van der Waals surface area (Å²) >= 11 is 0. The standard InChI is InChI=1S/C84H50/c1-5-21-53(22-6-1)75-67-41-39-60(59-37-35-51-19-13-15-29-57(51)47-59)49-73(67)77(55-25-9-3-10-26-55)81-70-34-18-32-66-64(44-46-72(80(66)70)83(75)81)62-40-42-68-74(50-62)78(56-27-11-4-12-28-56)82-69-33-17-31-65-63(61-38-36-52-20-14-16-30-58(52)48-61)43-45-71(79(65)69)84(82)76(68)54-23-7-2-8-24-54/h1-50H. The van der Waals surface area contributed by atoms with Crippen molar-refractivity contribution in [2.45, 2.75) is 0 Å². The molecule has 0 atom stereocenters. The summed E-state index contributed by atoms with van der Waals surface area (Å²) in [5, 5.41) is 15.1. The van der Waals surface area contributed by atoms with Crippen molar-refractivity contribution in [3.05, 3.63) is 303 Å². The Labute approximate surface area is 487 Å². The summed E-state index contributed by atoms with van der Waals surface area (Å²) < 4.78 is 0. The maximum Gasteiger partial charge on any atom is -0.000741 e. The van der Waals surface area contributed by atoms with E-state index in [1.165, 1.54) is 187 Å². The van der Waals surface area contributed by atoms with Crippen LogP contribution in [0.2, 0.25) is 0 Å². The van der Waals surface area contributed by atoms with E-state index in [0.717, 1.165) is 0 Å². The smallest absolute Gasteiger partial charge is 0.000741 e. The van der Waals surface area contributed by atoms with Gasteiger partial charge in [-0.3, -0.25) is 0 Å². The molecule has 0 aliphatic heterocycles. The molecule has 16 aromatic rings. The fourth-order valence-corrected chi connectivity index (χ4v) is 14.9. The number of hydrogen-bond donors (Lipinski definition) is 0. The minimum atomic E-state index is 1.20. The van der Waals surface area contributed by atoms with Gasteiger partial charge in [0.05, 0.1) is 0 Å². The minimum absolute atomic E-state index is 1.20. The van der Waals surface area contributed by atoms with Crippen molar-refractivity contribution in [1.29, 1.82) is 0 Å². The van der Waals surface area contributed by atoms with E-state index in [1.54, 1.807) is 0 Å². The fourth-order valence-electron chi connectivity index (χ4n) is 14.9. The van der Waals surface area contributed by atoms with Gasteiger partial charge in [0, 0.05) is 0 Å². The number of benzene rings is 16. The Morgan fingerprint density at radius 1 is 0.131 bits per heavy atom. The third-order valence-corrected chi connectivity index (χ3v) is 18.5. The molecular formula is C84H50. The van der Waals surface area contributed by atoms with E-state index >= 15 is 0 Å². The van der Waals surface area contributed by atoms with Gasteiger partial charge in [-0.05, 0) is 211 Å². The molecule has 0 unspecified atom stereocenters. The van der Waals surface area contributed by atoms with E-state index in [9.17, 15) is 0 Å². The maximum atomic E-state index is 2.52. The Hall–Kier alpha value is -10.9. The van der Waals surface area contributed by atoms with Crippen molar-refractivity contribution in [1.82, 2.24) is 0 Å². The third kappa shape index (κ3) is 6.89. The van der Waals surface area contributed by atoms with Crippen LogP contribution in [0.3, 0.4) is 0 Å². The largest absolute Gasteiger partial charge is 0.0622 e. The lowest BCUT2D eigenvalue weighted by Crippen LogP contribution is -1.94. The van der Waals surface area contributed by atoms with Gasteiger partial charge in [0.25, 0.3) is 0 Å². The van der Waals surface area contributed by atoms with Gasteiger partial charge >= 0.3 is 0 Å². The van der Waals surface area contributed by atoms with E-state index in [1.807, 2.05) is 0 Å². The lowest BCUT2D eigenvalue weighted by molar-refractivity contribution is 1.61. The predicted molar refractivity (Wildman–Crippen MR) is 358 cm³/mol. The zero-order chi connectivity index (χ0) is 55.0. The average molecular weight is 1060 g/mol. The highest BCUT2D eigenvalue weighted by atomic mass is 14.4. The Morgan fingerprint density at radius 2 is 0.440 bits per heavy atom. The Bertz CT molecular complexity index is 5440. The number of rotatable bonds is 7. The maximum absolute atomic E-state index is 2.52. The Morgan fingerprint density at radius 3 is 0.893 bits per heavy atom. The number of hydrogen-bond acceptors (Lipinski definition) is 0. The summed E-state index contributed by atoms with van der Waals surface area (Å²) in [6.07, 6.45) is 0. The van der Waals surface area contributed by atoms with Crippen LogP contribution in [0.1, 0.15) is 0 Å². The zero-order valence-electron chi connectivity index (χ0n) is 45.9. The summed E-state index contributed by atoms with van der Waals surface area (Å²) in [4.78, 5) is 0. The van der Waals surface area contributed by atoms with Crippen LogP contribution in [0.25, 0.3) is 187 Å². The molecule has 0 saturated carbocycles. The second-order valence-corrected chi connectivity index (χ2v) is 22.9. The molecule has 386 valence electrons. The summed E-state index contributed by atoms with van der Waals surface area (Å²) in [5.74, 6) is 0. The van der Waals surface area contributed by atoms with Crippen molar-refractivity contribution < 1.29 is 0 Å². The molecule has 0 spiro atoms. The van der Waals surface area contributed by atoms with Crippen LogP contribution >= 0.6 is 0 Å². The van der Waals surface area contributed by atoms with Crippen LogP contribution in [0.5, 0.6) is 0 Å². The highest BCUT2D eigenvalue weighted by Gasteiger charge is 2.34. The quantitative estimate of drug-likeness (QED) is 0.149. The molecule has 0 aromatic heterocycles. The van der Waals surface area contributed by atoms with E-state index in [-0.39, 0.29) is 0 Å². The highest BCUT2D eigenvalue weighted by Crippen LogP contribution is 2.61. The fraction of sp³-hybridized carbons (Fsp3) is 0. The van der Waals surface area contributed by atoms with Crippen LogP contribution in [0, 0.1) is 0 Å². The summed E-state index contributed by atoms with van der Waals surface area (Å²) in [6, 6.07) is 114. The molecule has 0 fully saturated rings. The highest BCUT2D eigenvalue weighted by molar-refractivity contribution is 6.31. The molecule has 0 heterocycles.